The molecular formula is C12H20O2. The minimum absolute atomic E-state index is 0.353. The van der Waals surface area contributed by atoms with Crippen LogP contribution in [0.25, 0.3) is 0 Å². The lowest BCUT2D eigenvalue weighted by molar-refractivity contribution is -0.0970. The fraction of sp³-hybridized carbons (Fsp3) is 0.667. The summed E-state index contributed by atoms with van der Waals surface area (Å²) in [5, 5.41) is 0. The van der Waals surface area contributed by atoms with E-state index in [-0.39, 0.29) is 6.29 Å². The van der Waals surface area contributed by atoms with Crippen LogP contribution in [0.2, 0.25) is 0 Å². The third-order valence-electron chi connectivity index (χ3n) is 1.57. The molecule has 0 aromatic carbocycles. The topological polar surface area (TPSA) is 18.5 Å². The minimum Gasteiger partial charge on any atom is -0.342 e. The standard InChI is InChI=1S/C12H20O2/c1-4-7-8-9-10-11-12(13-5-2)14-6-3/h4,12H,1,5-9H2,2-3H3. The quantitative estimate of drug-likeness (QED) is 0.270. The summed E-state index contributed by atoms with van der Waals surface area (Å²) in [5.41, 5.74) is 0. The molecule has 0 saturated heterocycles. The van der Waals surface area contributed by atoms with Crippen LogP contribution in [0.5, 0.6) is 0 Å². The van der Waals surface area contributed by atoms with Gasteiger partial charge in [-0.15, -0.1) is 6.58 Å². The maximum atomic E-state index is 5.27. The molecule has 14 heavy (non-hydrogen) atoms. The van der Waals surface area contributed by atoms with E-state index in [4.69, 9.17) is 9.47 Å². The lowest BCUT2D eigenvalue weighted by atomic mass is 10.2. The van der Waals surface area contributed by atoms with Gasteiger partial charge in [-0.1, -0.05) is 12.0 Å². The summed E-state index contributed by atoms with van der Waals surface area (Å²) in [5.74, 6) is 5.99. The van der Waals surface area contributed by atoms with Crippen LogP contribution in [0.4, 0.5) is 0 Å². The van der Waals surface area contributed by atoms with Crippen LogP contribution in [0.1, 0.15) is 33.1 Å². The Bertz CT molecular complexity index is 182. The molecule has 0 amide bonds. The Morgan fingerprint density at radius 3 is 2.43 bits per heavy atom. The zero-order valence-corrected chi connectivity index (χ0v) is 9.21. The Morgan fingerprint density at radius 2 is 1.93 bits per heavy atom. The maximum absolute atomic E-state index is 5.27. The van der Waals surface area contributed by atoms with Gasteiger partial charge in [0.1, 0.15) is 0 Å². The van der Waals surface area contributed by atoms with E-state index in [1.807, 2.05) is 19.9 Å². The lowest BCUT2D eigenvalue weighted by Crippen LogP contribution is -2.14. The van der Waals surface area contributed by atoms with Crippen molar-refractivity contribution in [1.29, 1.82) is 0 Å². The van der Waals surface area contributed by atoms with Gasteiger partial charge in [0, 0.05) is 19.6 Å². The van der Waals surface area contributed by atoms with E-state index in [2.05, 4.69) is 18.4 Å². The molecule has 0 aromatic rings. The fourth-order valence-corrected chi connectivity index (χ4v) is 0.924. The molecule has 0 unspecified atom stereocenters. The van der Waals surface area contributed by atoms with Crippen LogP contribution in [0.15, 0.2) is 12.7 Å². The van der Waals surface area contributed by atoms with Crippen molar-refractivity contribution in [3.63, 3.8) is 0 Å². The second-order valence-corrected chi connectivity index (χ2v) is 2.74. The van der Waals surface area contributed by atoms with E-state index in [0.29, 0.717) is 13.2 Å². The minimum atomic E-state index is -0.353. The molecule has 0 radical (unpaired) electrons. The molecule has 0 aromatic heterocycles. The van der Waals surface area contributed by atoms with Gasteiger partial charge in [0.25, 0.3) is 0 Å². The smallest absolute Gasteiger partial charge is 0.222 e. The number of unbranched alkanes of at least 4 members (excludes halogenated alkanes) is 2. The second-order valence-electron chi connectivity index (χ2n) is 2.74. The van der Waals surface area contributed by atoms with Gasteiger partial charge in [0.15, 0.2) is 0 Å². The van der Waals surface area contributed by atoms with Crippen LogP contribution in [-0.4, -0.2) is 19.5 Å². The van der Waals surface area contributed by atoms with Gasteiger partial charge in [-0.05, 0) is 32.6 Å². The van der Waals surface area contributed by atoms with Gasteiger partial charge >= 0.3 is 0 Å². The SMILES string of the molecule is C=CCCCC#CC(OCC)OCC. The molecule has 0 atom stereocenters. The molecule has 2 nitrogen and oxygen atoms in total. The molecular weight excluding hydrogens is 176 g/mol. The van der Waals surface area contributed by atoms with Crippen molar-refractivity contribution >= 4 is 0 Å². The van der Waals surface area contributed by atoms with E-state index >= 15 is 0 Å². The molecule has 0 saturated carbocycles. The highest BCUT2D eigenvalue weighted by Gasteiger charge is 2.00. The summed E-state index contributed by atoms with van der Waals surface area (Å²) < 4.78 is 10.5. The van der Waals surface area contributed by atoms with E-state index in [9.17, 15) is 0 Å². The van der Waals surface area contributed by atoms with Crippen molar-refractivity contribution in [3.8, 4) is 11.8 Å². The van der Waals surface area contributed by atoms with Crippen molar-refractivity contribution in [2.45, 2.75) is 39.4 Å². The summed E-state index contributed by atoms with van der Waals surface area (Å²) in [6.07, 6.45) is 4.51. The van der Waals surface area contributed by atoms with Crippen LogP contribution in [0, 0.1) is 11.8 Å². The molecule has 0 heterocycles. The molecule has 0 spiro atoms. The third kappa shape index (κ3) is 7.85. The molecule has 0 N–H and O–H groups in total. The van der Waals surface area contributed by atoms with Gasteiger partial charge in [-0.2, -0.15) is 0 Å². The summed E-state index contributed by atoms with van der Waals surface area (Å²) >= 11 is 0. The average Bonchev–Trinajstić information content (AvgIpc) is 2.18. The molecule has 2 heteroatoms. The van der Waals surface area contributed by atoms with E-state index in [0.717, 1.165) is 19.3 Å². The molecule has 0 rings (SSSR count). The first-order valence-corrected chi connectivity index (χ1v) is 5.17. The van der Waals surface area contributed by atoms with E-state index < -0.39 is 0 Å². The molecule has 0 aliphatic rings. The Balaban J connectivity index is 3.69. The van der Waals surface area contributed by atoms with Gasteiger partial charge in [-0.3, -0.25) is 0 Å². The average molecular weight is 196 g/mol. The van der Waals surface area contributed by atoms with Crippen molar-refractivity contribution in [1.82, 2.24) is 0 Å². The van der Waals surface area contributed by atoms with Gasteiger partial charge in [0.2, 0.25) is 6.29 Å². The van der Waals surface area contributed by atoms with E-state index in [1.165, 1.54) is 0 Å². The molecule has 0 bridgehead atoms. The van der Waals surface area contributed by atoms with Crippen LogP contribution >= 0.6 is 0 Å². The zero-order chi connectivity index (χ0) is 10.6. The van der Waals surface area contributed by atoms with Crippen LogP contribution < -0.4 is 0 Å². The highest BCUT2D eigenvalue weighted by molar-refractivity contribution is 5.02. The van der Waals surface area contributed by atoms with Crippen molar-refractivity contribution in [2.24, 2.45) is 0 Å². The number of rotatable bonds is 7. The van der Waals surface area contributed by atoms with Gasteiger partial charge in [0.05, 0.1) is 0 Å². The van der Waals surface area contributed by atoms with Crippen LogP contribution in [0.3, 0.4) is 0 Å². The fourth-order valence-electron chi connectivity index (χ4n) is 0.924. The molecule has 0 aliphatic carbocycles. The maximum Gasteiger partial charge on any atom is 0.222 e. The summed E-state index contributed by atoms with van der Waals surface area (Å²) in [6.45, 7) is 8.79. The van der Waals surface area contributed by atoms with Gasteiger partial charge < -0.3 is 9.47 Å². The predicted molar refractivity (Wildman–Crippen MR) is 58.9 cm³/mol. The Morgan fingerprint density at radius 1 is 1.29 bits per heavy atom. The Kier molecular flexibility index (Phi) is 9.73. The molecule has 80 valence electrons. The molecule has 0 aliphatic heterocycles. The second kappa shape index (κ2) is 10.3. The Labute approximate surface area is 87.3 Å². The van der Waals surface area contributed by atoms with Crippen molar-refractivity contribution in [2.75, 3.05) is 13.2 Å². The summed E-state index contributed by atoms with van der Waals surface area (Å²) in [6, 6.07) is 0. The monoisotopic (exact) mass is 196 g/mol. The first-order valence-electron chi connectivity index (χ1n) is 5.17. The largest absolute Gasteiger partial charge is 0.342 e. The highest BCUT2D eigenvalue weighted by Crippen LogP contribution is 1.96. The predicted octanol–water partition coefficient (Wildman–Crippen LogP) is 2.75. The zero-order valence-electron chi connectivity index (χ0n) is 9.21. The molecule has 0 fully saturated rings. The number of ether oxygens (including phenoxy) is 2. The highest BCUT2D eigenvalue weighted by atomic mass is 16.7. The first kappa shape index (κ1) is 13.2. The van der Waals surface area contributed by atoms with Gasteiger partial charge in [-0.25, -0.2) is 0 Å². The first-order chi connectivity index (χ1) is 6.85. The normalized spacial score (nSPS) is 9.64. The third-order valence-corrected chi connectivity index (χ3v) is 1.57. The van der Waals surface area contributed by atoms with Crippen molar-refractivity contribution < 1.29 is 9.47 Å². The lowest BCUT2D eigenvalue weighted by Gasteiger charge is -2.09. The summed E-state index contributed by atoms with van der Waals surface area (Å²) in [4.78, 5) is 0. The number of hydrogen-bond donors (Lipinski definition) is 0. The van der Waals surface area contributed by atoms with E-state index in [1.54, 1.807) is 0 Å². The number of hydrogen-bond acceptors (Lipinski definition) is 2. The van der Waals surface area contributed by atoms with Crippen LogP contribution in [-0.2, 0) is 9.47 Å². The Hall–Kier alpha value is -0.780. The summed E-state index contributed by atoms with van der Waals surface area (Å²) in [7, 11) is 0. The van der Waals surface area contributed by atoms with Crippen molar-refractivity contribution in [3.05, 3.63) is 12.7 Å². The number of allylic oxidation sites excluding steroid dienone is 1.